The van der Waals surface area contributed by atoms with E-state index in [0.717, 1.165) is 28.5 Å². The molecule has 1 unspecified atom stereocenters. The van der Waals surface area contributed by atoms with Crippen molar-refractivity contribution in [1.82, 2.24) is 4.90 Å². The number of hydrogen-bond acceptors (Lipinski definition) is 5. The van der Waals surface area contributed by atoms with Crippen molar-refractivity contribution >= 4 is 17.7 Å². The third-order valence-electron chi connectivity index (χ3n) is 5.45. The maximum Gasteiger partial charge on any atom is 0.315 e. The smallest absolute Gasteiger partial charge is 0.315 e. The number of fused-ring (bicyclic) bond motifs is 2. The zero-order valence-corrected chi connectivity index (χ0v) is 14.2. The van der Waals surface area contributed by atoms with Crippen LogP contribution >= 0.6 is 0 Å². The lowest BCUT2D eigenvalue weighted by Gasteiger charge is -2.40. The molecule has 2 heterocycles. The lowest BCUT2D eigenvalue weighted by atomic mass is 9.77. The molecule has 2 aliphatic carbocycles. The van der Waals surface area contributed by atoms with Crippen LogP contribution in [-0.4, -0.2) is 42.5 Å². The number of hydrogen-bond donors (Lipinski definition) is 2. The number of phenolic OH excluding ortho intramolecular Hbond substituents is 1. The van der Waals surface area contributed by atoms with Crippen molar-refractivity contribution in [3.8, 4) is 11.5 Å². The Kier molecular flexibility index (Phi) is 3.04. The first-order valence-electron chi connectivity index (χ1n) is 8.49. The Morgan fingerprint density at radius 2 is 2.23 bits per heavy atom. The van der Waals surface area contributed by atoms with Gasteiger partial charge >= 0.3 is 6.03 Å². The van der Waals surface area contributed by atoms with Gasteiger partial charge in [0.25, 0.3) is 0 Å². The van der Waals surface area contributed by atoms with Gasteiger partial charge in [0.15, 0.2) is 5.76 Å². The largest absolute Gasteiger partial charge is 0.507 e. The Bertz CT molecular complexity index is 1040. The standard InChI is InChI=1S/C19H18N2O5/c1-24-11-4-10-5-12-15-9(2-3-21(12)19(20)23)6-14-18(26-8-25-14)17(15)16(10)13(22)7-11/h4-5,7,12,22H,2-3,6,8H2,1H3,(H2,20,23). The first-order valence-corrected chi connectivity index (χ1v) is 8.49. The molecule has 26 heavy (non-hydrogen) atoms. The number of amides is 2. The number of benzene rings is 1. The fourth-order valence-electron chi connectivity index (χ4n) is 4.35. The lowest BCUT2D eigenvalue weighted by molar-refractivity contribution is 0.0742. The predicted octanol–water partition coefficient (Wildman–Crippen LogP) is 0.415. The minimum atomic E-state index is -0.462. The van der Waals surface area contributed by atoms with Crippen LogP contribution in [0.1, 0.15) is 12.8 Å². The zero-order chi connectivity index (χ0) is 18.0. The molecule has 0 aromatic heterocycles. The molecule has 4 aliphatic rings. The molecule has 0 bridgehead atoms. The number of phenols is 1. The predicted molar refractivity (Wildman–Crippen MR) is 92.2 cm³/mol. The van der Waals surface area contributed by atoms with E-state index < -0.39 is 6.03 Å². The van der Waals surface area contributed by atoms with Crippen molar-refractivity contribution in [3.05, 3.63) is 45.2 Å². The van der Waals surface area contributed by atoms with E-state index in [1.165, 1.54) is 5.57 Å². The maximum atomic E-state index is 12.0. The molecular weight excluding hydrogens is 336 g/mol. The average molecular weight is 354 g/mol. The minimum absolute atomic E-state index is 0.108. The number of ether oxygens (including phenoxy) is 3. The summed E-state index contributed by atoms with van der Waals surface area (Å²) in [5, 5.41) is 12.2. The lowest BCUT2D eigenvalue weighted by Crippen LogP contribution is -2.51. The monoisotopic (exact) mass is 354 g/mol. The van der Waals surface area contributed by atoms with Gasteiger partial charge in [0.1, 0.15) is 17.3 Å². The van der Waals surface area contributed by atoms with Crippen molar-refractivity contribution in [1.29, 1.82) is 0 Å². The molecule has 134 valence electrons. The summed E-state index contributed by atoms with van der Waals surface area (Å²) in [4.78, 5) is 13.7. The topological polar surface area (TPSA) is 94.2 Å². The van der Waals surface area contributed by atoms with Crippen LogP contribution in [0.25, 0.3) is 11.6 Å². The molecular formula is C19H18N2O5. The van der Waals surface area contributed by atoms with Gasteiger partial charge in [-0.25, -0.2) is 4.79 Å². The maximum absolute atomic E-state index is 12.0. The highest BCUT2D eigenvalue weighted by Crippen LogP contribution is 2.45. The summed E-state index contributed by atoms with van der Waals surface area (Å²) in [6, 6.07) is 2.68. The minimum Gasteiger partial charge on any atom is -0.507 e. The van der Waals surface area contributed by atoms with Crippen molar-refractivity contribution in [2.45, 2.75) is 18.9 Å². The van der Waals surface area contributed by atoms with Gasteiger partial charge in [0.05, 0.1) is 13.2 Å². The molecule has 2 amide bonds. The number of nitrogens with two attached hydrogens (primary N) is 1. The number of methoxy groups -OCH3 is 1. The molecule has 1 atom stereocenters. The van der Waals surface area contributed by atoms with Crippen LogP contribution in [0.5, 0.6) is 11.5 Å². The second-order valence-electron chi connectivity index (χ2n) is 6.73. The first-order chi connectivity index (χ1) is 12.6. The Morgan fingerprint density at radius 3 is 3.00 bits per heavy atom. The van der Waals surface area contributed by atoms with Crippen LogP contribution < -0.4 is 20.9 Å². The highest BCUT2D eigenvalue weighted by molar-refractivity contribution is 5.89. The fraction of sp³-hybridized carbons (Fsp3) is 0.316. The van der Waals surface area contributed by atoms with E-state index in [1.54, 1.807) is 18.1 Å². The van der Waals surface area contributed by atoms with Crippen LogP contribution in [0.2, 0.25) is 0 Å². The van der Waals surface area contributed by atoms with Gasteiger partial charge in [-0.15, -0.1) is 0 Å². The third-order valence-corrected chi connectivity index (χ3v) is 5.45. The summed E-state index contributed by atoms with van der Waals surface area (Å²) < 4.78 is 16.7. The first kappa shape index (κ1) is 15.2. The second kappa shape index (κ2) is 5.20. The van der Waals surface area contributed by atoms with Crippen molar-refractivity contribution in [2.75, 3.05) is 20.4 Å². The summed E-state index contributed by atoms with van der Waals surface area (Å²) >= 11 is 0. The average Bonchev–Trinajstić information content (AvgIpc) is 3.09. The van der Waals surface area contributed by atoms with Gasteiger partial charge in [-0.2, -0.15) is 0 Å². The molecule has 7 nitrogen and oxygen atoms in total. The Morgan fingerprint density at radius 1 is 1.38 bits per heavy atom. The van der Waals surface area contributed by atoms with Gasteiger partial charge in [0.2, 0.25) is 6.79 Å². The molecule has 0 radical (unpaired) electrons. The molecule has 1 aromatic carbocycles. The van der Waals surface area contributed by atoms with Gasteiger partial charge in [-0.1, -0.05) is 5.57 Å². The SMILES string of the molecule is COc1cc(O)c2c(c1)=CC1C3=C(CCN1C(N)=O)CC1=C(OCO1)C=23. The van der Waals surface area contributed by atoms with Crippen LogP contribution in [0.15, 0.2) is 34.8 Å². The summed E-state index contributed by atoms with van der Waals surface area (Å²) in [6.07, 6.45) is 3.34. The van der Waals surface area contributed by atoms with E-state index in [1.807, 2.05) is 12.1 Å². The highest BCUT2D eigenvalue weighted by Gasteiger charge is 2.41. The molecule has 1 aromatic rings. The van der Waals surface area contributed by atoms with E-state index in [0.29, 0.717) is 29.7 Å². The number of primary amides is 1. The third kappa shape index (κ3) is 1.91. The van der Waals surface area contributed by atoms with Crippen molar-refractivity contribution < 1.29 is 24.1 Å². The van der Waals surface area contributed by atoms with E-state index in [9.17, 15) is 9.90 Å². The Labute approximate surface area is 149 Å². The van der Waals surface area contributed by atoms with Crippen LogP contribution in [0, 0.1) is 0 Å². The number of aromatic hydroxyl groups is 1. The van der Waals surface area contributed by atoms with Crippen LogP contribution in [0.3, 0.4) is 0 Å². The molecule has 3 N–H and O–H groups in total. The number of rotatable bonds is 1. The van der Waals surface area contributed by atoms with Gasteiger partial charge in [-0.05, 0) is 29.4 Å². The normalized spacial score (nSPS) is 22.7. The summed E-state index contributed by atoms with van der Waals surface area (Å²) in [5.41, 5.74) is 8.62. The van der Waals surface area contributed by atoms with Gasteiger partial charge < -0.3 is 30.0 Å². The molecule has 0 fully saturated rings. The number of urea groups is 1. The van der Waals surface area contributed by atoms with E-state index in [-0.39, 0.29) is 18.6 Å². The molecule has 5 rings (SSSR count). The zero-order valence-electron chi connectivity index (χ0n) is 14.2. The molecule has 2 aliphatic heterocycles. The van der Waals surface area contributed by atoms with Crippen molar-refractivity contribution in [2.24, 2.45) is 5.73 Å². The molecule has 7 heteroatoms. The van der Waals surface area contributed by atoms with Crippen LogP contribution in [0.4, 0.5) is 4.79 Å². The number of carbonyl (C=O) groups is 1. The Hall–Kier alpha value is -3.09. The van der Waals surface area contributed by atoms with Gasteiger partial charge in [0, 0.05) is 29.8 Å². The van der Waals surface area contributed by atoms with E-state index >= 15 is 0 Å². The molecule has 0 spiro atoms. The van der Waals surface area contributed by atoms with E-state index in [2.05, 4.69) is 0 Å². The number of nitrogens with zero attached hydrogens (tertiary/aromatic N) is 1. The number of carbonyl (C=O) groups excluding carboxylic acids is 1. The molecule has 0 saturated carbocycles. The van der Waals surface area contributed by atoms with Crippen molar-refractivity contribution in [3.63, 3.8) is 0 Å². The summed E-state index contributed by atoms with van der Waals surface area (Å²) in [7, 11) is 1.55. The van der Waals surface area contributed by atoms with Gasteiger partial charge in [-0.3, -0.25) is 0 Å². The fourth-order valence-corrected chi connectivity index (χ4v) is 4.35. The number of allylic oxidation sites excluding steroid dienone is 2. The molecule has 0 saturated heterocycles. The highest BCUT2D eigenvalue weighted by atomic mass is 16.7. The quantitative estimate of drug-likeness (QED) is 0.762. The summed E-state index contributed by atoms with van der Waals surface area (Å²) in [6.45, 7) is 0.715. The Balaban J connectivity index is 1.89. The second-order valence-corrected chi connectivity index (χ2v) is 6.73. The van der Waals surface area contributed by atoms with E-state index in [4.69, 9.17) is 19.9 Å². The van der Waals surface area contributed by atoms with Crippen LogP contribution in [-0.2, 0) is 9.47 Å². The summed E-state index contributed by atoms with van der Waals surface area (Å²) in [5.74, 6) is 2.08.